The van der Waals surface area contributed by atoms with Gasteiger partial charge in [-0.05, 0) is 33.3 Å². The summed E-state index contributed by atoms with van der Waals surface area (Å²) in [5, 5.41) is 3.88. The number of morpholine rings is 1. The van der Waals surface area contributed by atoms with Crippen molar-refractivity contribution in [3.05, 3.63) is 41.0 Å². The summed E-state index contributed by atoms with van der Waals surface area (Å²) in [7, 11) is 0. The molecular weight excluding hydrogens is 318 g/mol. The molecule has 6 heteroatoms. The summed E-state index contributed by atoms with van der Waals surface area (Å²) in [6, 6.07) is 6.45. The average Bonchev–Trinajstić information content (AvgIpc) is 3.09. The SMILES string of the molecule is Cc1noc([C@H]2CN(Cc3cccc4c3OC(C)(C)C4)C[C@@H](C)O2)n1. The molecule has 2 aromatic rings. The summed E-state index contributed by atoms with van der Waals surface area (Å²) in [5.74, 6) is 2.25. The van der Waals surface area contributed by atoms with Crippen LogP contribution < -0.4 is 4.74 Å². The Kier molecular flexibility index (Phi) is 4.04. The van der Waals surface area contributed by atoms with Crippen LogP contribution in [0.25, 0.3) is 0 Å². The summed E-state index contributed by atoms with van der Waals surface area (Å²) in [5.41, 5.74) is 2.41. The molecule has 0 N–H and O–H groups in total. The highest BCUT2D eigenvalue weighted by atomic mass is 16.5. The van der Waals surface area contributed by atoms with Crippen LogP contribution in [0.4, 0.5) is 0 Å². The average molecular weight is 343 g/mol. The highest BCUT2D eigenvalue weighted by Crippen LogP contribution is 2.38. The number of ether oxygens (including phenoxy) is 2. The molecule has 3 heterocycles. The van der Waals surface area contributed by atoms with Crippen LogP contribution in [0, 0.1) is 6.92 Å². The summed E-state index contributed by atoms with van der Waals surface area (Å²) in [6.07, 6.45) is 0.888. The Bertz CT molecular complexity index is 771. The first kappa shape index (κ1) is 16.5. The molecular formula is C19H25N3O3. The molecule has 25 heavy (non-hydrogen) atoms. The van der Waals surface area contributed by atoms with E-state index in [1.807, 2.05) is 6.92 Å². The maximum atomic E-state index is 6.21. The van der Waals surface area contributed by atoms with Gasteiger partial charge in [-0.2, -0.15) is 4.98 Å². The van der Waals surface area contributed by atoms with Crippen molar-refractivity contribution in [2.75, 3.05) is 13.1 Å². The zero-order chi connectivity index (χ0) is 17.6. The van der Waals surface area contributed by atoms with E-state index >= 15 is 0 Å². The molecule has 2 atom stereocenters. The van der Waals surface area contributed by atoms with Crippen molar-refractivity contribution >= 4 is 0 Å². The molecule has 4 rings (SSSR count). The lowest BCUT2D eigenvalue weighted by atomic mass is 10.0. The molecule has 0 amide bonds. The second kappa shape index (κ2) is 6.11. The summed E-state index contributed by atoms with van der Waals surface area (Å²) < 4.78 is 17.5. The second-order valence-corrected chi connectivity index (χ2v) is 7.75. The largest absolute Gasteiger partial charge is 0.487 e. The number of hydrogen-bond acceptors (Lipinski definition) is 6. The standard InChI is InChI=1S/C19H25N3O3/c1-12-9-22(11-16(23-12)18-20-13(2)21-25-18)10-15-7-5-6-14-8-19(3,4)24-17(14)15/h5-7,12,16H,8-11H2,1-4H3/t12-,16-/m1/s1. The van der Waals surface area contributed by atoms with E-state index in [1.54, 1.807) is 0 Å². The van der Waals surface area contributed by atoms with Crippen molar-refractivity contribution in [2.45, 2.75) is 58.5 Å². The number of aromatic nitrogens is 2. The van der Waals surface area contributed by atoms with E-state index in [2.05, 4.69) is 54.0 Å². The first-order chi connectivity index (χ1) is 11.9. The van der Waals surface area contributed by atoms with E-state index in [-0.39, 0.29) is 17.8 Å². The first-order valence-electron chi connectivity index (χ1n) is 8.87. The molecule has 1 saturated heterocycles. The van der Waals surface area contributed by atoms with E-state index in [0.29, 0.717) is 11.7 Å². The van der Waals surface area contributed by atoms with Crippen LogP contribution >= 0.6 is 0 Å². The molecule has 6 nitrogen and oxygen atoms in total. The van der Waals surface area contributed by atoms with Crippen molar-refractivity contribution in [1.82, 2.24) is 15.0 Å². The molecule has 0 radical (unpaired) electrons. The second-order valence-electron chi connectivity index (χ2n) is 7.75. The third-order valence-electron chi connectivity index (χ3n) is 4.72. The van der Waals surface area contributed by atoms with Gasteiger partial charge in [0.25, 0.3) is 5.89 Å². The first-order valence-corrected chi connectivity index (χ1v) is 8.87. The molecule has 0 saturated carbocycles. The number of aryl methyl sites for hydroxylation is 1. The lowest BCUT2D eigenvalue weighted by Crippen LogP contribution is -2.42. The Morgan fingerprint density at radius 3 is 2.88 bits per heavy atom. The van der Waals surface area contributed by atoms with Crippen LogP contribution in [-0.4, -0.2) is 39.8 Å². The number of para-hydroxylation sites is 1. The zero-order valence-corrected chi connectivity index (χ0v) is 15.3. The van der Waals surface area contributed by atoms with Gasteiger partial charge in [-0.25, -0.2) is 0 Å². The predicted octanol–water partition coefficient (Wildman–Crippen LogP) is 3.05. The molecule has 2 aliphatic heterocycles. The van der Waals surface area contributed by atoms with Crippen molar-refractivity contribution < 1.29 is 14.0 Å². The lowest BCUT2D eigenvalue weighted by molar-refractivity contribution is -0.0932. The van der Waals surface area contributed by atoms with Gasteiger partial charge < -0.3 is 14.0 Å². The highest BCUT2D eigenvalue weighted by molar-refractivity contribution is 5.45. The summed E-state index contributed by atoms with van der Waals surface area (Å²) in [4.78, 5) is 6.71. The Labute approximate surface area is 148 Å². The molecule has 0 spiro atoms. The maximum Gasteiger partial charge on any atom is 0.257 e. The van der Waals surface area contributed by atoms with Gasteiger partial charge in [0.15, 0.2) is 5.82 Å². The Morgan fingerprint density at radius 2 is 2.12 bits per heavy atom. The summed E-state index contributed by atoms with van der Waals surface area (Å²) in [6.45, 7) is 10.6. The molecule has 0 bridgehead atoms. The van der Waals surface area contributed by atoms with Crippen LogP contribution in [0.3, 0.4) is 0 Å². The predicted molar refractivity (Wildman–Crippen MR) is 92.5 cm³/mol. The van der Waals surface area contributed by atoms with Crippen molar-refractivity contribution in [1.29, 1.82) is 0 Å². The van der Waals surface area contributed by atoms with E-state index < -0.39 is 0 Å². The third kappa shape index (κ3) is 3.41. The van der Waals surface area contributed by atoms with E-state index in [9.17, 15) is 0 Å². The fourth-order valence-corrected chi connectivity index (χ4v) is 3.79. The molecule has 1 aromatic carbocycles. The minimum absolute atomic E-state index is 0.111. The van der Waals surface area contributed by atoms with Crippen LogP contribution in [-0.2, 0) is 17.7 Å². The van der Waals surface area contributed by atoms with Crippen LogP contribution in [0.15, 0.2) is 22.7 Å². The van der Waals surface area contributed by atoms with E-state index in [4.69, 9.17) is 14.0 Å². The normalized spacial score (nSPS) is 25.6. The molecule has 0 aliphatic carbocycles. The van der Waals surface area contributed by atoms with Crippen LogP contribution in [0.5, 0.6) is 5.75 Å². The van der Waals surface area contributed by atoms with Crippen molar-refractivity contribution in [3.63, 3.8) is 0 Å². The van der Waals surface area contributed by atoms with E-state index in [0.717, 1.165) is 31.8 Å². The minimum Gasteiger partial charge on any atom is -0.487 e. The van der Waals surface area contributed by atoms with Gasteiger partial charge >= 0.3 is 0 Å². The number of fused-ring (bicyclic) bond motifs is 1. The lowest BCUT2D eigenvalue weighted by Gasteiger charge is -2.35. The Hall–Kier alpha value is -1.92. The Balaban J connectivity index is 1.52. The summed E-state index contributed by atoms with van der Waals surface area (Å²) >= 11 is 0. The Morgan fingerprint density at radius 1 is 1.28 bits per heavy atom. The number of nitrogens with zero attached hydrogens (tertiary/aromatic N) is 3. The third-order valence-corrected chi connectivity index (χ3v) is 4.72. The van der Waals surface area contributed by atoms with Gasteiger partial charge in [-0.15, -0.1) is 0 Å². The highest BCUT2D eigenvalue weighted by Gasteiger charge is 2.34. The monoisotopic (exact) mass is 343 g/mol. The van der Waals surface area contributed by atoms with Crippen LogP contribution in [0.1, 0.15) is 49.7 Å². The van der Waals surface area contributed by atoms with Crippen molar-refractivity contribution in [3.8, 4) is 5.75 Å². The molecule has 134 valence electrons. The fourth-order valence-electron chi connectivity index (χ4n) is 3.79. The van der Waals surface area contributed by atoms with Crippen molar-refractivity contribution in [2.24, 2.45) is 0 Å². The molecule has 0 unspecified atom stereocenters. The number of benzene rings is 1. The van der Waals surface area contributed by atoms with Gasteiger partial charge in [-0.1, -0.05) is 23.4 Å². The van der Waals surface area contributed by atoms with Crippen LogP contribution in [0.2, 0.25) is 0 Å². The molecule has 2 aliphatic rings. The topological polar surface area (TPSA) is 60.6 Å². The van der Waals surface area contributed by atoms with Gasteiger partial charge in [0.2, 0.25) is 0 Å². The number of hydrogen-bond donors (Lipinski definition) is 0. The van der Waals surface area contributed by atoms with Gasteiger partial charge in [0.05, 0.1) is 6.10 Å². The van der Waals surface area contributed by atoms with E-state index in [1.165, 1.54) is 11.1 Å². The molecule has 1 aromatic heterocycles. The smallest absolute Gasteiger partial charge is 0.257 e. The number of rotatable bonds is 3. The maximum absolute atomic E-state index is 6.21. The molecule has 1 fully saturated rings. The van der Waals surface area contributed by atoms with Gasteiger partial charge in [-0.3, -0.25) is 4.90 Å². The minimum atomic E-state index is -0.181. The quantitative estimate of drug-likeness (QED) is 0.854. The fraction of sp³-hybridized carbons (Fsp3) is 0.579. The zero-order valence-electron chi connectivity index (χ0n) is 15.3. The van der Waals surface area contributed by atoms with Gasteiger partial charge in [0, 0.05) is 31.6 Å². The van der Waals surface area contributed by atoms with Gasteiger partial charge in [0.1, 0.15) is 17.5 Å².